The van der Waals surface area contributed by atoms with Gasteiger partial charge in [0, 0.05) is 36.6 Å². The van der Waals surface area contributed by atoms with E-state index >= 15 is 0 Å². The Hall–Kier alpha value is -2.68. The predicted molar refractivity (Wildman–Crippen MR) is 118 cm³/mol. The highest BCUT2D eigenvalue weighted by Gasteiger charge is 2.19. The van der Waals surface area contributed by atoms with E-state index in [0.717, 1.165) is 34.4 Å². The molecule has 0 N–H and O–H groups in total. The molecule has 2 aromatic heterocycles. The van der Waals surface area contributed by atoms with E-state index in [2.05, 4.69) is 4.40 Å². The lowest BCUT2D eigenvalue weighted by Crippen LogP contribution is -2.19. The zero-order valence-corrected chi connectivity index (χ0v) is 18.4. The number of thiazole rings is 1. The summed E-state index contributed by atoms with van der Waals surface area (Å²) < 4.78 is 42.9. The van der Waals surface area contributed by atoms with E-state index in [4.69, 9.17) is 9.15 Å². The van der Waals surface area contributed by atoms with Crippen LogP contribution in [0.3, 0.4) is 0 Å². The molecule has 0 atom stereocenters. The number of sulfonamides is 1. The van der Waals surface area contributed by atoms with Gasteiger partial charge < -0.3 is 13.7 Å². The smallest absolute Gasteiger partial charge is 0.285 e. The van der Waals surface area contributed by atoms with Crippen LogP contribution in [0.25, 0.3) is 22.2 Å². The molecule has 0 aliphatic rings. The molecule has 0 saturated carbocycles. The van der Waals surface area contributed by atoms with Gasteiger partial charge in [0.15, 0.2) is 0 Å². The molecule has 0 bridgehead atoms. The molecule has 0 aliphatic heterocycles. The van der Waals surface area contributed by atoms with E-state index < -0.39 is 10.0 Å². The van der Waals surface area contributed by atoms with Gasteiger partial charge in [-0.3, -0.25) is 0 Å². The number of aromatic nitrogens is 1. The van der Waals surface area contributed by atoms with Crippen molar-refractivity contribution in [2.24, 2.45) is 4.40 Å². The number of nitrogens with zero attached hydrogens (tertiary/aromatic N) is 2. The van der Waals surface area contributed by atoms with E-state index in [-0.39, 0.29) is 4.90 Å². The maximum Gasteiger partial charge on any atom is 0.285 e. The standard InChI is InChI=1S/C22H22N2O4S2/c1-16-21(18-11-6-7-12-20(18)28-16)19-15-29-22(24(19)13-8-14-27-2)23-30(25,26)17-9-4-3-5-10-17/h3-7,9-12,15H,8,13-14H2,1-2H3/b23-22+. The van der Waals surface area contributed by atoms with Gasteiger partial charge in [-0.1, -0.05) is 36.4 Å². The summed E-state index contributed by atoms with van der Waals surface area (Å²) in [5, 5.41) is 2.93. The number of rotatable bonds is 7. The zero-order chi connectivity index (χ0) is 21.1. The number of hydrogen-bond acceptors (Lipinski definition) is 5. The maximum atomic E-state index is 12.8. The average molecular weight is 443 g/mol. The summed E-state index contributed by atoms with van der Waals surface area (Å²) in [5.74, 6) is 0.784. The van der Waals surface area contributed by atoms with Crippen molar-refractivity contribution in [2.45, 2.75) is 24.8 Å². The summed E-state index contributed by atoms with van der Waals surface area (Å²) in [7, 11) is -2.16. The Morgan fingerprint density at radius 3 is 2.60 bits per heavy atom. The highest BCUT2D eigenvalue weighted by Crippen LogP contribution is 2.34. The van der Waals surface area contributed by atoms with E-state index in [1.165, 1.54) is 11.3 Å². The molecule has 0 spiro atoms. The Morgan fingerprint density at radius 2 is 1.83 bits per heavy atom. The van der Waals surface area contributed by atoms with Crippen molar-refractivity contribution < 1.29 is 17.6 Å². The van der Waals surface area contributed by atoms with Gasteiger partial charge >= 0.3 is 0 Å². The van der Waals surface area contributed by atoms with Gasteiger partial charge in [-0.15, -0.1) is 15.7 Å². The third-order valence-corrected chi connectivity index (χ3v) is 7.06. The summed E-state index contributed by atoms with van der Waals surface area (Å²) in [6.45, 7) is 3.07. The lowest BCUT2D eigenvalue weighted by atomic mass is 10.1. The van der Waals surface area contributed by atoms with Crippen LogP contribution in [0.2, 0.25) is 0 Å². The van der Waals surface area contributed by atoms with Crippen molar-refractivity contribution in [2.75, 3.05) is 13.7 Å². The van der Waals surface area contributed by atoms with E-state index in [9.17, 15) is 8.42 Å². The molecule has 30 heavy (non-hydrogen) atoms. The molecule has 8 heteroatoms. The topological polar surface area (TPSA) is 73.8 Å². The summed E-state index contributed by atoms with van der Waals surface area (Å²) in [4.78, 5) is 0.600. The van der Waals surface area contributed by atoms with Crippen LogP contribution in [0.1, 0.15) is 12.2 Å². The first-order valence-electron chi connectivity index (χ1n) is 9.53. The fourth-order valence-electron chi connectivity index (χ4n) is 3.42. The largest absolute Gasteiger partial charge is 0.461 e. The number of furan rings is 1. The molecule has 4 rings (SSSR count). The molecule has 0 radical (unpaired) electrons. The van der Waals surface area contributed by atoms with Crippen LogP contribution >= 0.6 is 11.3 Å². The van der Waals surface area contributed by atoms with Gasteiger partial charge in [0.1, 0.15) is 11.3 Å². The molecule has 0 saturated heterocycles. The van der Waals surface area contributed by atoms with Gasteiger partial charge in [-0.2, -0.15) is 8.42 Å². The van der Waals surface area contributed by atoms with Gasteiger partial charge in [0.05, 0.1) is 10.6 Å². The zero-order valence-electron chi connectivity index (χ0n) is 16.7. The van der Waals surface area contributed by atoms with Gasteiger partial charge in [0.25, 0.3) is 10.0 Å². The van der Waals surface area contributed by atoms with Crippen molar-refractivity contribution in [3.63, 3.8) is 0 Å². The Labute approximate surface area is 179 Å². The van der Waals surface area contributed by atoms with E-state index in [0.29, 0.717) is 18.0 Å². The number of methoxy groups -OCH3 is 1. The summed E-state index contributed by atoms with van der Waals surface area (Å²) in [6.07, 6.45) is 0.730. The molecule has 2 aromatic carbocycles. The predicted octanol–water partition coefficient (Wildman–Crippen LogP) is 4.60. The monoisotopic (exact) mass is 442 g/mol. The normalized spacial score (nSPS) is 12.7. The molecule has 4 aromatic rings. The first-order valence-corrected chi connectivity index (χ1v) is 11.8. The lowest BCUT2D eigenvalue weighted by molar-refractivity contribution is 0.190. The van der Waals surface area contributed by atoms with Crippen LogP contribution in [0, 0.1) is 6.92 Å². The van der Waals surface area contributed by atoms with Crippen molar-refractivity contribution in [3.8, 4) is 11.3 Å². The third kappa shape index (κ3) is 3.98. The second-order valence-electron chi connectivity index (χ2n) is 6.81. The Balaban J connectivity index is 1.89. The van der Waals surface area contributed by atoms with Crippen molar-refractivity contribution in [1.82, 2.24) is 4.57 Å². The van der Waals surface area contributed by atoms with Crippen molar-refractivity contribution >= 4 is 32.3 Å². The number of fused-ring (bicyclic) bond motifs is 1. The third-order valence-electron chi connectivity index (χ3n) is 4.79. The summed E-state index contributed by atoms with van der Waals surface area (Å²) in [6, 6.07) is 16.1. The molecular weight excluding hydrogens is 420 g/mol. The Kier molecular flexibility index (Phi) is 5.90. The number of para-hydroxylation sites is 1. The Morgan fingerprint density at radius 1 is 1.10 bits per heavy atom. The summed E-state index contributed by atoms with van der Waals surface area (Å²) in [5.41, 5.74) is 2.65. The number of ether oxygens (including phenoxy) is 1. The second-order valence-corrected chi connectivity index (χ2v) is 9.25. The Bertz CT molecular complexity index is 1330. The quantitative estimate of drug-likeness (QED) is 0.392. The minimum Gasteiger partial charge on any atom is -0.461 e. The SMILES string of the molecule is COCCCn1c(-c2c(C)oc3ccccc23)cs/c1=N/S(=O)(=O)c1ccccc1. The highest BCUT2D eigenvalue weighted by molar-refractivity contribution is 7.90. The molecule has 0 unspecified atom stereocenters. The minimum atomic E-state index is -3.81. The number of aryl methyl sites for hydroxylation is 1. The van der Waals surface area contributed by atoms with Gasteiger partial charge in [-0.25, -0.2) is 0 Å². The van der Waals surface area contributed by atoms with E-state index in [1.807, 2.05) is 41.1 Å². The fourth-order valence-corrected chi connectivity index (χ4v) is 5.58. The first-order chi connectivity index (χ1) is 14.5. The molecule has 156 valence electrons. The molecule has 0 aliphatic carbocycles. The number of hydrogen-bond donors (Lipinski definition) is 0. The van der Waals surface area contributed by atoms with E-state index in [1.54, 1.807) is 37.4 Å². The van der Waals surface area contributed by atoms with Crippen LogP contribution in [0.4, 0.5) is 0 Å². The summed E-state index contributed by atoms with van der Waals surface area (Å²) >= 11 is 1.31. The number of benzene rings is 2. The van der Waals surface area contributed by atoms with Gasteiger partial charge in [0.2, 0.25) is 4.80 Å². The van der Waals surface area contributed by atoms with Crippen LogP contribution in [0.15, 0.2) is 73.7 Å². The lowest BCUT2D eigenvalue weighted by Gasteiger charge is -2.09. The molecule has 2 heterocycles. The van der Waals surface area contributed by atoms with Crippen LogP contribution in [-0.2, 0) is 21.3 Å². The fraction of sp³-hybridized carbons (Fsp3) is 0.227. The maximum absolute atomic E-state index is 12.8. The molecule has 0 fully saturated rings. The highest BCUT2D eigenvalue weighted by atomic mass is 32.2. The first kappa shape index (κ1) is 20.6. The van der Waals surface area contributed by atoms with Gasteiger partial charge in [-0.05, 0) is 31.5 Å². The average Bonchev–Trinajstić information content (AvgIpc) is 3.28. The van der Waals surface area contributed by atoms with Crippen molar-refractivity contribution in [1.29, 1.82) is 0 Å². The molecule has 0 amide bonds. The second kappa shape index (κ2) is 8.59. The molecule has 6 nitrogen and oxygen atoms in total. The van der Waals surface area contributed by atoms with Crippen LogP contribution in [-0.4, -0.2) is 26.7 Å². The van der Waals surface area contributed by atoms with Crippen LogP contribution < -0.4 is 4.80 Å². The minimum absolute atomic E-state index is 0.174. The van der Waals surface area contributed by atoms with Crippen molar-refractivity contribution in [3.05, 3.63) is 70.5 Å². The molecular formula is C22H22N2O4S2. The van der Waals surface area contributed by atoms with Crippen LogP contribution in [0.5, 0.6) is 0 Å².